The van der Waals surface area contributed by atoms with Gasteiger partial charge in [0.2, 0.25) is 0 Å². The first kappa shape index (κ1) is 14.3. The lowest BCUT2D eigenvalue weighted by Gasteiger charge is -2.27. The van der Waals surface area contributed by atoms with Crippen LogP contribution in [-0.2, 0) is 9.47 Å². The molecule has 1 atom stereocenters. The fourth-order valence-electron chi connectivity index (χ4n) is 1.72. The molecule has 0 radical (unpaired) electrons. The average molecular weight is 278 g/mol. The highest BCUT2D eigenvalue weighted by Crippen LogP contribution is 2.24. The standard InChI is InChI=1S/C14H18N2O4/c1-14(19-4)9-12(18-3)15-13(16-14)20-11-7-5-10(17-2)6-8-11/h5-8H,9H2,1-4H3. The lowest BCUT2D eigenvalue weighted by Crippen LogP contribution is -2.35. The van der Waals surface area contributed by atoms with Crippen LogP contribution < -0.4 is 9.47 Å². The van der Waals surface area contributed by atoms with E-state index in [1.165, 1.54) is 0 Å². The van der Waals surface area contributed by atoms with Gasteiger partial charge in [0.15, 0.2) is 11.6 Å². The van der Waals surface area contributed by atoms with E-state index in [-0.39, 0.29) is 6.02 Å². The third-order valence-corrected chi connectivity index (χ3v) is 2.98. The molecule has 0 saturated heterocycles. The minimum atomic E-state index is -0.727. The second-order valence-electron chi connectivity index (χ2n) is 4.44. The molecule has 0 spiro atoms. The second-order valence-corrected chi connectivity index (χ2v) is 4.44. The van der Waals surface area contributed by atoms with Gasteiger partial charge in [-0.05, 0) is 31.2 Å². The summed E-state index contributed by atoms with van der Waals surface area (Å²) in [6.45, 7) is 1.85. The summed E-state index contributed by atoms with van der Waals surface area (Å²) in [6, 6.07) is 7.37. The fraction of sp³-hybridized carbons (Fsp3) is 0.429. The van der Waals surface area contributed by atoms with Crippen LogP contribution in [0.3, 0.4) is 0 Å². The van der Waals surface area contributed by atoms with Crippen LogP contribution in [0.5, 0.6) is 11.5 Å². The summed E-state index contributed by atoms with van der Waals surface area (Å²) in [6.07, 6.45) is 0.468. The normalized spacial score (nSPS) is 21.8. The monoisotopic (exact) mass is 278 g/mol. The van der Waals surface area contributed by atoms with Gasteiger partial charge >= 0.3 is 6.02 Å². The number of nitrogens with zero attached hydrogens (tertiary/aromatic N) is 2. The van der Waals surface area contributed by atoms with Crippen molar-refractivity contribution in [1.82, 2.24) is 0 Å². The summed E-state index contributed by atoms with van der Waals surface area (Å²) >= 11 is 0. The summed E-state index contributed by atoms with van der Waals surface area (Å²) in [4.78, 5) is 8.53. The van der Waals surface area contributed by atoms with Crippen LogP contribution in [0.4, 0.5) is 0 Å². The molecule has 0 aromatic heterocycles. The van der Waals surface area contributed by atoms with Crippen molar-refractivity contribution in [1.29, 1.82) is 0 Å². The Balaban J connectivity index is 2.19. The molecule has 1 unspecified atom stereocenters. The first-order valence-electron chi connectivity index (χ1n) is 6.17. The van der Waals surface area contributed by atoms with Crippen molar-refractivity contribution in [2.45, 2.75) is 19.1 Å². The SMILES string of the molecule is COC1=NC(Oc2ccc(OC)cc2)=NC(C)(OC)C1. The van der Waals surface area contributed by atoms with Crippen molar-refractivity contribution in [2.75, 3.05) is 21.3 Å². The number of ether oxygens (including phenoxy) is 4. The molecule has 2 rings (SSSR count). The molecule has 1 aliphatic rings. The number of rotatable bonds is 3. The molecule has 0 amide bonds. The zero-order chi connectivity index (χ0) is 14.6. The molecule has 1 aromatic carbocycles. The van der Waals surface area contributed by atoms with E-state index in [1.807, 2.05) is 6.92 Å². The molecule has 1 heterocycles. The zero-order valence-electron chi connectivity index (χ0n) is 12.0. The van der Waals surface area contributed by atoms with E-state index < -0.39 is 5.72 Å². The van der Waals surface area contributed by atoms with E-state index in [0.717, 1.165) is 5.75 Å². The summed E-state index contributed by atoms with van der Waals surface area (Å²) in [7, 11) is 4.76. The molecule has 1 aromatic rings. The first-order valence-corrected chi connectivity index (χ1v) is 6.17. The average Bonchev–Trinajstić information content (AvgIpc) is 2.47. The molecule has 0 N–H and O–H groups in total. The molecule has 0 saturated carbocycles. The lowest BCUT2D eigenvalue weighted by molar-refractivity contribution is 0.0136. The highest BCUT2D eigenvalue weighted by molar-refractivity contribution is 5.94. The van der Waals surface area contributed by atoms with E-state index >= 15 is 0 Å². The Labute approximate surface area is 118 Å². The molecule has 6 heteroatoms. The van der Waals surface area contributed by atoms with Crippen molar-refractivity contribution in [3.05, 3.63) is 24.3 Å². The highest BCUT2D eigenvalue weighted by atomic mass is 16.5. The maximum absolute atomic E-state index is 5.63. The number of hydrogen-bond donors (Lipinski definition) is 0. The van der Waals surface area contributed by atoms with Gasteiger partial charge in [0.1, 0.15) is 11.5 Å². The number of aliphatic imine (C=N–C) groups is 2. The molecule has 0 fully saturated rings. The Hall–Kier alpha value is -2.08. The number of hydrogen-bond acceptors (Lipinski definition) is 6. The van der Waals surface area contributed by atoms with Gasteiger partial charge in [0.05, 0.1) is 20.6 Å². The molecule has 6 nitrogen and oxygen atoms in total. The predicted octanol–water partition coefficient (Wildman–Crippen LogP) is 2.24. The summed E-state index contributed by atoms with van der Waals surface area (Å²) in [5.41, 5.74) is -0.727. The Morgan fingerprint density at radius 1 is 1.00 bits per heavy atom. The Morgan fingerprint density at radius 2 is 1.65 bits per heavy atom. The van der Waals surface area contributed by atoms with Gasteiger partial charge in [-0.15, -0.1) is 0 Å². The number of amidine groups is 1. The lowest BCUT2D eigenvalue weighted by atomic mass is 10.1. The van der Waals surface area contributed by atoms with Gasteiger partial charge < -0.3 is 18.9 Å². The van der Waals surface area contributed by atoms with Crippen molar-refractivity contribution >= 4 is 11.9 Å². The number of methoxy groups -OCH3 is 3. The zero-order valence-corrected chi connectivity index (χ0v) is 12.0. The van der Waals surface area contributed by atoms with Gasteiger partial charge in [-0.25, -0.2) is 0 Å². The highest BCUT2D eigenvalue weighted by Gasteiger charge is 2.31. The topological polar surface area (TPSA) is 61.6 Å². The Kier molecular flexibility index (Phi) is 4.24. The Bertz CT molecular complexity index is 524. The van der Waals surface area contributed by atoms with Gasteiger partial charge in [-0.3, -0.25) is 0 Å². The van der Waals surface area contributed by atoms with Crippen LogP contribution in [0.1, 0.15) is 13.3 Å². The quantitative estimate of drug-likeness (QED) is 0.850. The van der Waals surface area contributed by atoms with E-state index in [4.69, 9.17) is 18.9 Å². The molecule has 108 valence electrons. The summed E-state index contributed by atoms with van der Waals surface area (Å²) in [5.74, 6) is 1.89. The van der Waals surface area contributed by atoms with Gasteiger partial charge in [-0.1, -0.05) is 0 Å². The maximum Gasteiger partial charge on any atom is 0.323 e. The Morgan fingerprint density at radius 3 is 2.20 bits per heavy atom. The largest absolute Gasteiger partial charge is 0.497 e. The molecule has 20 heavy (non-hydrogen) atoms. The van der Waals surface area contributed by atoms with Crippen molar-refractivity contribution in [3.63, 3.8) is 0 Å². The summed E-state index contributed by atoms with van der Waals surface area (Å²) < 4.78 is 21.3. The van der Waals surface area contributed by atoms with Crippen molar-refractivity contribution in [2.24, 2.45) is 9.98 Å². The van der Waals surface area contributed by atoms with E-state index in [9.17, 15) is 0 Å². The van der Waals surface area contributed by atoms with Crippen LogP contribution >= 0.6 is 0 Å². The second kappa shape index (κ2) is 5.92. The van der Waals surface area contributed by atoms with Gasteiger partial charge in [-0.2, -0.15) is 9.98 Å². The molecular formula is C14H18N2O4. The third-order valence-electron chi connectivity index (χ3n) is 2.98. The van der Waals surface area contributed by atoms with E-state index in [2.05, 4.69) is 9.98 Å². The van der Waals surface area contributed by atoms with Crippen molar-refractivity contribution < 1.29 is 18.9 Å². The van der Waals surface area contributed by atoms with Crippen LogP contribution in [0, 0.1) is 0 Å². The maximum atomic E-state index is 5.63. The molecule has 1 aliphatic heterocycles. The number of benzene rings is 1. The molecular weight excluding hydrogens is 260 g/mol. The van der Waals surface area contributed by atoms with Crippen LogP contribution in [0.2, 0.25) is 0 Å². The van der Waals surface area contributed by atoms with E-state index in [1.54, 1.807) is 45.6 Å². The van der Waals surface area contributed by atoms with Crippen molar-refractivity contribution in [3.8, 4) is 11.5 Å². The van der Waals surface area contributed by atoms with Crippen LogP contribution in [0.25, 0.3) is 0 Å². The van der Waals surface area contributed by atoms with Gasteiger partial charge in [0.25, 0.3) is 0 Å². The molecule has 0 bridgehead atoms. The smallest absolute Gasteiger partial charge is 0.323 e. The van der Waals surface area contributed by atoms with Crippen LogP contribution in [-0.4, -0.2) is 39.0 Å². The first-order chi connectivity index (χ1) is 9.58. The van der Waals surface area contributed by atoms with Gasteiger partial charge in [0, 0.05) is 7.11 Å². The minimum Gasteiger partial charge on any atom is -0.497 e. The van der Waals surface area contributed by atoms with E-state index in [0.29, 0.717) is 18.1 Å². The minimum absolute atomic E-state index is 0.211. The predicted molar refractivity (Wildman–Crippen MR) is 75.5 cm³/mol. The fourth-order valence-corrected chi connectivity index (χ4v) is 1.72. The third kappa shape index (κ3) is 3.27. The molecule has 0 aliphatic carbocycles. The van der Waals surface area contributed by atoms with Crippen LogP contribution in [0.15, 0.2) is 34.3 Å². The summed E-state index contributed by atoms with van der Waals surface area (Å²) in [5, 5.41) is 0.